The lowest BCUT2D eigenvalue weighted by molar-refractivity contribution is -0.116. The Morgan fingerprint density at radius 1 is 1.39 bits per heavy atom. The second kappa shape index (κ2) is 5.46. The number of aromatic nitrogens is 2. The van der Waals surface area contributed by atoms with Crippen LogP contribution in [-0.2, 0) is 17.9 Å². The van der Waals surface area contributed by atoms with Gasteiger partial charge in [-0.15, -0.1) is 0 Å². The fraction of sp³-hybridized carbons (Fsp3) is 0.231. The van der Waals surface area contributed by atoms with Gasteiger partial charge < -0.3 is 15.0 Å². The zero-order chi connectivity index (χ0) is 13.0. The Labute approximate surface area is 105 Å². The monoisotopic (exact) mass is 245 g/mol. The average molecular weight is 245 g/mol. The lowest BCUT2D eigenvalue weighted by Crippen LogP contribution is -2.17. The average Bonchev–Trinajstić information content (AvgIpc) is 2.79. The maximum atomic E-state index is 11.7. The first-order chi connectivity index (χ1) is 8.67. The lowest BCUT2D eigenvalue weighted by atomic mass is 10.2. The standard InChI is InChI=1S/C13H15N3O2/c1-10-2-4-11(5-3-10)15-13(18)7-16-6-12(8-17)14-9-16/h2-6,9,17H,7-8H2,1H3,(H,15,18). The summed E-state index contributed by atoms with van der Waals surface area (Å²) >= 11 is 0. The van der Waals surface area contributed by atoms with E-state index in [1.807, 2.05) is 31.2 Å². The van der Waals surface area contributed by atoms with Crippen LogP contribution in [-0.4, -0.2) is 20.6 Å². The summed E-state index contributed by atoms with van der Waals surface area (Å²) in [5, 5.41) is 11.7. The van der Waals surface area contributed by atoms with Crippen molar-refractivity contribution in [1.29, 1.82) is 0 Å². The molecule has 1 aromatic carbocycles. The molecule has 0 aliphatic carbocycles. The maximum Gasteiger partial charge on any atom is 0.244 e. The van der Waals surface area contributed by atoms with Crippen LogP contribution in [0.5, 0.6) is 0 Å². The Morgan fingerprint density at radius 2 is 2.11 bits per heavy atom. The van der Waals surface area contributed by atoms with E-state index in [9.17, 15) is 4.79 Å². The van der Waals surface area contributed by atoms with E-state index in [0.717, 1.165) is 11.3 Å². The minimum atomic E-state index is -0.124. The molecule has 0 unspecified atom stereocenters. The molecular weight excluding hydrogens is 230 g/mol. The van der Waals surface area contributed by atoms with Gasteiger partial charge in [0.15, 0.2) is 0 Å². The molecule has 0 atom stereocenters. The third kappa shape index (κ3) is 3.18. The Kier molecular flexibility index (Phi) is 3.74. The zero-order valence-electron chi connectivity index (χ0n) is 10.1. The summed E-state index contributed by atoms with van der Waals surface area (Å²) in [6.45, 7) is 2.06. The topological polar surface area (TPSA) is 67.2 Å². The van der Waals surface area contributed by atoms with Crippen molar-refractivity contribution in [2.75, 3.05) is 5.32 Å². The highest BCUT2D eigenvalue weighted by molar-refractivity contribution is 5.90. The van der Waals surface area contributed by atoms with Crippen molar-refractivity contribution in [3.63, 3.8) is 0 Å². The summed E-state index contributed by atoms with van der Waals surface area (Å²) < 4.78 is 1.63. The van der Waals surface area contributed by atoms with E-state index in [1.54, 1.807) is 10.8 Å². The molecule has 0 saturated carbocycles. The molecule has 94 valence electrons. The number of aliphatic hydroxyl groups is 1. The summed E-state index contributed by atoms with van der Waals surface area (Å²) in [5.41, 5.74) is 2.47. The second-order valence-electron chi connectivity index (χ2n) is 4.11. The Balaban J connectivity index is 1.94. The van der Waals surface area contributed by atoms with Gasteiger partial charge in [0.05, 0.1) is 18.6 Å². The van der Waals surface area contributed by atoms with E-state index in [2.05, 4.69) is 10.3 Å². The number of hydrogen-bond acceptors (Lipinski definition) is 3. The minimum Gasteiger partial charge on any atom is -0.390 e. The van der Waals surface area contributed by atoms with Crippen LogP contribution in [0.1, 0.15) is 11.3 Å². The first-order valence-corrected chi connectivity index (χ1v) is 5.65. The van der Waals surface area contributed by atoms with Crippen molar-refractivity contribution in [2.45, 2.75) is 20.1 Å². The van der Waals surface area contributed by atoms with Crippen LogP contribution in [0, 0.1) is 6.92 Å². The van der Waals surface area contributed by atoms with E-state index < -0.39 is 0 Å². The van der Waals surface area contributed by atoms with Crippen LogP contribution in [0.4, 0.5) is 5.69 Å². The van der Waals surface area contributed by atoms with Gasteiger partial charge in [-0.1, -0.05) is 17.7 Å². The lowest BCUT2D eigenvalue weighted by Gasteiger charge is -2.05. The van der Waals surface area contributed by atoms with Crippen LogP contribution < -0.4 is 5.32 Å². The number of rotatable bonds is 4. The molecule has 0 aliphatic rings. The second-order valence-corrected chi connectivity index (χ2v) is 4.11. The number of hydrogen-bond donors (Lipinski definition) is 2. The van der Waals surface area contributed by atoms with Gasteiger partial charge in [-0.3, -0.25) is 4.79 Å². The number of benzene rings is 1. The molecule has 0 saturated heterocycles. The van der Waals surface area contributed by atoms with Gasteiger partial charge in [-0.25, -0.2) is 4.98 Å². The smallest absolute Gasteiger partial charge is 0.244 e. The highest BCUT2D eigenvalue weighted by Gasteiger charge is 2.04. The molecule has 0 radical (unpaired) electrons. The molecule has 1 amide bonds. The maximum absolute atomic E-state index is 11.7. The van der Waals surface area contributed by atoms with Gasteiger partial charge in [0.2, 0.25) is 5.91 Å². The number of nitrogens with zero attached hydrogens (tertiary/aromatic N) is 2. The summed E-state index contributed by atoms with van der Waals surface area (Å²) in [6.07, 6.45) is 3.18. The van der Waals surface area contributed by atoms with Crippen LogP contribution in [0.3, 0.4) is 0 Å². The molecule has 1 heterocycles. The normalized spacial score (nSPS) is 10.3. The third-order valence-corrected chi connectivity index (χ3v) is 2.51. The molecule has 2 aromatic rings. The fourth-order valence-electron chi connectivity index (χ4n) is 1.58. The van der Waals surface area contributed by atoms with Crippen molar-refractivity contribution >= 4 is 11.6 Å². The summed E-state index contributed by atoms with van der Waals surface area (Å²) in [6, 6.07) is 7.61. The van der Waals surface area contributed by atoms with Crippen LogP contribution in [0.2, 0.25) is 0 Å². The number of anilines is 1. The van der Waals surface area contributed by atoms with Gasteiger partial charge in [-0.2, -0.15) is 0 Å². The van der Waals surface area contributed by atoms with Crippen molar-refractivity contribution in [3.8, 4) is 0 Å². The van der Waals surface area contributed by atoms with Gasteiger partial charge in [0, 0.05) is 11.9 Å². The number of carbonyl (C=O) groups is 1. The van der Waals surface area contributed by atoms with Crippen molar-refractivity contribution in [3.05, 3.63) is 48.0 Å². The molecule has 0 aliphatic heterocycles. The van der Waals surface area contributed by atoms with Gasteiger partial charge in [0.1, 0.15) is 6.54 Å². The summed E-state index contributed by atoms with van der Waals surface area (Å²) in [4.78, 5) is 15.7. The van der Waals surface area contributed by atoms with Gasteiger partial charge >= 0.3 is 0 Å². The summed E-state index contributed by atoms with van der Waals surface area (Å²) in [7, 11) is 0. The van der Waals surface area contributed by atoms with E-state index >= 15 is 0 Å². The van der Waals surface area contributed by atoms with Crippen molar-refractivity contribution in [2.24, 2.45) is 0 Å². The highest BCUT2D eigenvalue weighted by Crippen LogP contribution is 2.08. The predicted molar refractivity (Wildman–Crippen MR) is 68.0 cm³/mol. The number of carbonyl (C=O) groups excluding carboxylic acids is 1. The molecule has 5 heteroatoms. The molecule has 2 N–H and O–H groups in total. The van der Waals surface area contributed by atoms with E-state index in [4.69, 9.17) is 5.11 Å². The van der Waals surface area contributed by atoms with Gasteiger partial charge in [-0.05, 0) is 19.1 Å². The zero-order valence-corrected chi connectivity index (χ0v) is 10.1. The van der Waals surface area contributed by atoms with Crippen LogP contribution in [0.25, 0.3) is 0 Å². The molecular formula is C13H15N3O2. The Bertz CT molecular complexity index is 531. The quantitative estimate of drug-likeness (QED) is 0.853. The number of aliphatic hydroxyl groups excluding tert-OH is 1. The first kappa shape index (κ1) is 12.3. The van der Waals surface area contributed by atoms with E-state index in [-0.39, 0.29) is 19.1 Å². The molecule has 1 aromatic heterocycles. The fourth-order valence-corrected chi connectivity index (χ4v) is 1.58. The van der Waals surface area contributed by atoms with Crippen LogP contribution >= 0.6 is 0 Å². The predicted octanol–water partition coefficient (Wildman–Crippen LogP) is 1.32. The number of aryl methyl sites for hydroxylation is 1. The molecule has 2 rings (SSSR count). The SMILES string of the molecule is Cc1ccc(NC(=O)Cn2cnc(CO)c2)cc1. The van der Waals surface area contributed by atoms with Crippen LogP contribution in [0.15, 0.2) is 36.8 Å². The number of amides is 1. The van der Waals surface area contributed by atoms with Gasteiger partial charge in [0.25, 0.3) is 0 Å². The van der Waals surface area contributed by atoms with E-state index in [1.165, 1.54) is 6.33 Å². The molecule has 5 nitrogen and oxygen atoms in total. The summed E-state index contributed by atoms with van der Waals surface area (Å²) in [5.74, 6) is -0.124. The molecule has 18 heavy (non-hydrogen) atoms. The number of nitrogens with one attached hydrogen (secondary N) is 1. The molecule has 0 bridgehead atoms. The minimum absolute atomic E-state index is 0.118. The largest absolute Gasteiger partial charge is 0.390 e. The number of imidazole rings is 1. The first-order valence-electron chi connectivity index (χ1n) is 5.65. The Morgan fingerprint density at radius 3 is 2.72 bits per heavy atom. The third-order valence-electron chi connectivity index (χ3n) is 2.51. The van der Waals surface area contributed by atoms with E-state index in [0.29, 0.717) is 5.69 Å². The molecule has 0 spiro atoms. The van der Waals surface area contributed by atoms with Crippen molar-refractivity contribution in [1.82, 2.24) is 9.55 Å². The molecule has 0 fully saturated rings. The van der Waals surface area contributed by atoms with Crippen molar-refractivity contribution < 1.29 is 9.90 Å². The Hall–Kier alpha value is -2.14. The highest BCUT2D eigenvalue weighted by atomic mass is 16.3.